The highest BCUT2D eigenvalue weighted by Gasteiger charge is 2.34. The first kappa shape index (κ1) is 21.2. The molecule has 3 aromatic rings. The quantitative estimate of drug-likeness (QED) is 0.447. The van der Waals surface area contributed by atoms with Crippen molar-refractivity contribution in [3.05, 3.63) is 35.9 Å². The number of anilines is 3. The normalized spacial score (nSPS) is 19.6. The van der Waals surface area contributed by atoms with Crippen LogP contribution in [0.1, 0.15) is 12.5 Å². The van der Waals surface area contributed by atoms with Crippen LogP contribution in [0.25, 0.3) is 21.9 Å². The first-order valence-electron chi connectivity index (χ1n) is 10.8. The van der Waals surface area contributed by atoms with Crippen molar-refractivity contribution in [2.24, 2.45) is 5.92 Å². The van der Waals surface area contributed by atoms with Crippen LogP contribution in [0.15, 0.2) is 24.5 Å². The summed E-state index contributed by atoms with van der Waals surface area (Å²) < 4.78 is 20.9. The molecule has 33 heavy (non-hydrogen) atoms. The molecule has 5 rings (SSSR count). The molecule has 2 aromatic heterocycles. The van der Waals surface area contributed by atoms with E-state index in [1.807, 2.05) is 13.8 Å². The molecule has 0 bridgehead atoms. The number of hydrogen-bond acceptors (Lipinski definition) is 7. The Hall–Kier alpha value is -3.66. The Kier molecular flexibility index (Phi) is 5.16. The molecule has 2 aliphatic heterocycles. The van der Waals surface area contributed by atoms with Crippen LogP contribution >= 0.6 is 0 Å². The molecule has 5 N–H and O–H groups in total. The molecule has 1 saturated heterocycles. The lowest BCUT2D eigenvalue weighted by Crippen LogP contribution is -2.44. The highest BCUT2D eigenvalue weighted by atomic mass is 19.1. The van der Waals surface area contributed by atoms with Gasteiger partial charge in [0.1, 0.15) is 18.1 Å². The van der Waals surface area contributed by atoms with E-state index in [1.165, 1.54) is 11.1 Å². The number of rotatable bonds is 3. The van der Waals surface area contributed by atoms with E-state index >= 15 is 4.39 Å². The minimum absolute atomic E-state index is 0.0411. The maximum absolute atomic E-state index is 15.4. The largest absolute Gasteiger partial charge is 0.474 e. The Morgan fingerprint density at radius 1 is 1.27 bits per heavy atom. The molecule has 4 heterocycles. The number of halogens is 1. The van der Waals surface area contributed by atoms with E-state index in [1.54, 1.807) is 18.3 Å². The Balaban J connectivity index is 1.65. The molecule has 0 aliphatic carbocycles. The zero-order valence-corrected chi connectivity index (χ0v) is 18.4. The lowest BCUT2D eigenvalue weighted by molar-refractivity contribution is 0.197. The summed E-state index contributed by atoms with van der Waals surface area (Å²) in [4.78, 5) is 22.0. The van der Waals surface area contributed by atoms with Crippen LogP contribution in [0, 0.1) is 18.7 Å². The molecule has 9 nitrogen and oxygen atoms in total. The molecule has 1 amide bonds. The molecule has 172 valence electrons. The van der Waals surface area contributed by atoms with Gasteiger partial charge in [-0.05, 0) is 42.5 Å². The van der Waals surface area contributed by atoms with Gasteiger partial charge in [0.2, 0.25) is 5.88 Å². The van der Waals surface area contributed by atoms with Gasteiger partial charge in [-0.2, -0.15) is 0 Å². The van der Waals surface area contributed by atoms with Gasteiger partial charge in [0.15, 0.2) is 5.82 Å². The molecule has 1 aromatic carbocycles. The number of hydrogen-bond donors (Lipinski definition) is 4. The van der Waals surface area contributed by atoms with Gasteiger partial charge in [-0.15, -0.1) is 0 Å². The van der Waals surface area contributed by atoms with Crippen LogP contribution in [0.5, 0.6) is 5.88 Å². The van der Waals surface area contributed by atoms with Crippen LogP contribution in [-0.2, 0) is 0 Å². The fraction of sp³-hybridized carbons (Fsp3) is 0.348. The van der Waals surface area contributed by atoms with Crippen molar-refractivity contribution in [2.75, 3.05) is 42.2 Å². The first-order chi connectivity index (χ1) is 15.9. The molecular formula is C23H25FN6O3. The number of amides is 1. The van der Waals surface area contributed by atoms with Crippen molar-refractivity contribution in [3.8, 4) is 17.0 Å². The average Bonchev–Trinajstić information content (AvgIpc) is 3.22. The van der Waals surface area contributed by atoms with Crippen molar-refractivity contribution < 1.29 is 19.0 Å². The zero-order chi connectivity index (χ0) is 23.3. The molecule has 0 unspecified atom stereocenters. The van der Waals surface area contributed by atoms with Crippen molar-refractivity contribution in [3.63, 3.8) is 0 Å². The number of fused-ring (bicyclic) bond motifs is 2. The van der Waals surface area contributed by atoms with Gasteiger partial charge < -0.3 is 26.2 Å². The van der Waals surface area contributed by atoms with Gasteiger partial charge in [-0.25, -0.2) is 19.2 Å². The predicted octanol–water partition coefficient (Wildman–Crippen LogP) is 3.22. The standard InChI is InChI=1S/C23H25FN6O3/c1-11-7-26-10-17(11)30(23(31)32)18-6-13-5-14(19(24)20(25)16(13)9-28-18)15-8-29-22-21(12(15)2)27-3-4-33-22/h5-6,8-9,11,17,26-27H,3-4,7,10,25H2,1-2H3,(H,31,32)/t11-,17-/m0/s1. The number of nitrogens with zero attached hydrogens (tertiary/aromatic N) is 3. The summed E-state index contributed by atoms with van der Waals surface area (Å²) in [5.74, 6) is 0.330. The van der Waals surface area contributed by atoms with E-state index in [0.29, 0.717) is 41.9 Å². The van der Waals surface area contributed by atoms with Gasteiger partial charge in [-0.3, -0.25) is 4.90 Å². The smallest absolute Gasteiger partial charge is 0.413 e. The van der Waals surface area contributed by atoms with Crippen LogP contribution in [-0.4, -0.2) is 53.5 Å². The molecule has 10 heteroatoms. The molecule has 2 atom stereocenters. The third-order valence-corrected chi connectivity index (χ3v) is 6.48. The summed E-state index contributed by atoms with van der Waals surface area (Å²) in [5, 5.41) is 17.4. The van der Waals surface area contributed by atoms with Gasteiger partial charge in [0.25, 0.3) is 0 Å². The van der Waals surface area contributed by atoms with E-state index in [9.17, 15) is 9.90 Å². The minimum Gasteiger partial charge on any atom is -0.474 e. The molecule has 0 radical (unpaired) electrons. The van der Waals surface area contributed by atoms with Gasteiger partial charge in [0, 0.05) is 42.0 Å². The maximum atomic E-state index is 15.4. The van der Waals surface area contributed by atoms with Crippen LogP contribution < -0.4 is 26.0 Å². The maximum Gasteiger partial charge on any atom is 0.413 e. The van der Waals surface area contributed by atoms with Gasteiger partial charge in [0.05, 0.1) is 11.7 Å². The summed E-state index contributed by atoms with van der Waals surface area (Å²) in [7, 11) is 0. The number of benzene rings is 1. The fourth-order valence-corrected chi connectivity index (χ4v) is 4.66. The first-order valence-corrected chi connectivity index (χ1v) is 10.8. The summed E-state index contributed by atoms with van der Waals surface area (Å²) in [5.41, 5.74) is 8.51. The Bertz CT molecular complexity index is 1270. The monoisotopic (exact) mass is 452 g/mol. The second kappa shape index (κ2) is 8.04. The van der Waals surface area contributed by atoms with Gasteiger partial charge >= 0.3 is 6.09 Å². The number of nitrogens with two attached hydrogens (primary N) is 1. The van der Waals surface area contributed by atoms with E-state index in [2.05, 4.69) is 20.6 Å². The van der Waals surface area contributed by atoms with E-state index in [4.69, 9.17) is 10.5 Å². The van der Waals surface area contributed by atoms with Crippen LogP contribution in [0.2, 0.25) is 0 Å². The Labute approximate surface area is 189 Å². The number of pyridine rings is 2. The highest BCUT2D eigenvalue weighted by molar-refractivity contribution is 5.99. The predicted molar refractivity (Wildman–Crippen MR) is 124 cm³/mol. The SMILES string of the molecule is Cc1c(-c2cc3cc(N(C(=O)O)[C@H]4CNC[C@@H]4C)ncc3c(N)c2F)cnc2c1NCCO2. The third-order valence-electron chi connectivity index (χ3n) is 6.48. The number of carboxylic acid groups (broad SMARTS) is 1. The minimum atomic E-state index is -1.08. The van der Waals surface area contributed by atoms with Crippen molar-refractivity contribution >= 4 is 34.1 Å². The van der Waals surface area contributed by atoms with E-state index in [0.717, 1.165) is 17.8 Å². The zero-order valence-electron chi connectivity index (χ0n) is 18.4. The van der Waals surface area contributed by atoms with E-state index in [-0.39, 0.29) is 29.0 Å². The molecule has 1 fully saturated rings. The molecule has 0 spiro atoms. The van der Waals surface area contributed by atoms with E-state index < -0.39 is 11.9 Å². The van der Waals surface area contributed by atoms with Crippen LogP contribution in [0.4, 0.5) is 26.4 Å². The summed E-state index contributed by atoms with van der Waals surface area (Å²) >= 11 is 0. The topological polar surface area (TPSA) is 126 Å². The molecular weight excluding hydrogens is 427 g/mol. The number of aromatic nitrogens is 2. The number of carbonyl (C=O) groups is 1. The van der Waals surface area contributed by atoms with Crippen LogP contribution in [0.3, 0.4) is 0 Å². The van der Waals surface area contributed by atoms with Crippen molar-refractivity contribution in [1.29, 1.82) is 0 Å². The lowest BCUT2D eigenvalue weighted by atomic mass is 9.97. The van der Waals surface area contributed by atoms with Crippen molar-refractivity contribution in [2.45, 2.75) is 19.9 Å². The molecule has 0 saturated carbocycles. The number of nitrogens with one attached hydrogen (secondary N) is 2. The third kappa shape index (κ3) is 3.46. The highest BCUT2D eigenvalue weighted by Crippen LogP contribution is 2.40. The summed E-state index contributed by atoms with van der Waals surface area (Å²) in [6.07, 6.45) is 1.92. The number of nitrogen functional groups attached to an aromatic ring is 1. The summed E-state index contributed by atoms with van der Waals surface area (Å²) in [6.45, 7) is 6.29. The summed E-state index contributed by atoms with van der Waals surface area (Å²) in [6, 6.07) is 3.07. The Morgan fingerprint density at radius 2 is 2.09 bits per heavy atom. The second-order valence-corrected chi connectivity index (χ2v) is 8.52. The Morgan fingerprint density at radius 3 is 2.82 bits per heavy atom. The van der Waals surface area contributed by atoms with Crippen molar-refractivity contribution in [1.82, 2.24) is 15.3 Å². The lowest BCUT2D eigenvalue weighted by Gasteiger charge is -2.28. The molecule has 2 aliphatic rings. The second-order valence-electron chi connectivity index (χ2n) is 8.52. The fourth-order valence-electron chi connectivity index (χ4n) is 4.66. The number of ether oxygens (including phenoxy) is 1. The van der Waals surface area contributed by atoms with Gasteiger partial charge in [-0.1, -0.05) is 6.92 Å². The average molecular weight is 452 g/mol.